The van der Waals surface area contributed by atoms with Gasteiger partial charge in [0.1, 0.15) is 12.7 Å². The number of carbonyl (C=O) groups is 1. The van der Waals surface area contributed by atoms with Crippen molar-refractivity contribution in [3.05, 3.63) is 101 Å². The molecule has 74 heavy (non-hydrogen) atoms. The van der Waals surface area contributed by atoms with Crippen LogP contribution in [-0.2, 0) is 42.6 Å². The van der Waals surface area contributed by atoms with E-state index in [1.54, 1.807) is 47.0 Å². The molecule has 0 radical (unpaired) electrons. The highest BCUT2D eigenvalue weighted by molar-refractivity contribution is 7.99. The van der Waals surface area contributed by atoms with Crippen molar-refractivity contribution in [3.8, 4) is 11.1 Å². The number of hydrogen-bond donors (Lipinski definition) is 1. The van der Waals surface area contributed by atoms with Gasteiger partial charge in [-0.2, -0.15) is 47.0 Å². The lowest BCUT2D eigenvalue weighted by Gasteiger charge is -2.46. The Morgan fingerprint density at radius 2 is 1.03 bits per heavy atom. The highest BCUT2D eigenvalue weighted by Crippen LogP contribution is 2.44. The van der Waals surface area contributed by atoms with E-state index >= 15 is 0 Å². The fourth-order valence-corrected chi connectivity index (χ4v) is 10.7. The fraction of sp³-hybridized carbons (Fsp3) is 0.723. The first-order valence-electron chi connectivity index (χ1n) is 24.9. The van der Waals surface area contributed by atoms with Gasteiger partial charge >= 0.3 is 6.09 Å². The van der Waals surface area contributed by atoms with E-state index in [2.05, 4.69) is 69.7 Å². The van der Waals surface area contributed by atoms with Crippen molar-refractivity contribution in [2.24, 2.45) is 26.4 Å². The second kappa shape index (κ2) is 42.2. The third-order valence-corrected chi connectivity index (χ3v) is 15.2. The van der Waals surface area contributed by atoms with Crippen LogP contribution >= 0.6 is 47.0 Å². The summed E-state index contributed by atoms with van der Waals surface area (Å²) in [5.74, 6) is 5.67. The molecule has 0 spiro atoms. The normalized spacial score (nSPS) is 17.8. The molecular formula is C47H71N13O10S4. The molecule has 408 valence electrons. The zero-order chi connectivity index (χ0) is 52.4. The predicted octanol–water partition coefficient (Wildman–Crippen LogP) is 10.1. The van der Waals surface area contributed by atoms with Gasteiger partial charge in [-0.15, -0.1) is 0 Å². The van der Waals surface area contributed by atoms with Gasteiger partial charge in [-0.25, -0.2) is 4.79 Å². The monoisotopic (exact) mass is 1110 g/mol. The van der Waals surface area contributed by atoms with Gasteiger partial charge in [-0.1, -0.05) is 69.0 Å². The molecule has 1 saturated heterocycles. The maximum atomic E-state index is 12.6. The van der Waals surface area contributed by atoms with Crippen LogP contribution in [0.5, 0.6) is 0 Å². The quantitative estimate of drug-likeness (QED) is 0.0279. The zero-order valence-electron chi connectivity index (χ0n) is 42.0. The highest BCUT2D eigenvalue weighted by Gasteiger charge is 2.48. The average Bonchev–Trinajstić information content (AvgIpc) is 3.74. The molecule has 0 unspecified atom stereocenters. The van der Waals surface area contributed by atoms with E-state index in [4.69, 9.17) is 64.8 Å². The number of nitrogens with one attached hydrogen (secondary N) is 1. The van der Waals surface area contributed by atoms with Gasteiger partial charge in [0.2, 0.25) is 0 Å². The number of azide groups is 4. The molecule has 0 bridgehead atoms. The molecule has 1 aliphatic heterocycles. The molecule has 2 aliphatic rings. The average molecular weight is 1110 g/mol. The first kappa shape index (κ1) is 62.6. The molecule has 1 fully saturated rings. The van der Waals surface area contributed by atoms with Crippen LogP contribution in [0.25, 0.3) is 52.9 Å². The van der Waals surface area contributed by atoms with Crippen LogP contribution in [0.15, 0.2) is 69.0 Å². The van der Waals surface area contributed by atoms with Gasteiger partial charge in [-0.3, -0.25) is 0 Å². The molecule has 2 aromatic carbocycles. The Kier molecular flexibility index (Phi) is 35.7. The number of thioether (sulfide) groups is 4. The van der Waals surface area contributed by atoms with Gasteiger partial charge in [0, 0.05) is 89.8 Å². The number of benzene rings is 2. The third-order valence-electron chi connectivity index (χ3n) is 11.2. The first-order chi connectivity index (χ1) is 36.6. The Balaban J connectivity index is 1.31. The van der Waals surface area contributed by atoms with Crippen molar-refractivity contribution in [2.75, 3.05) is 158 Å². The number of ether oxygens (including phenoxy) is 9. The second-order valence-electron chi connectivity index (χ2n) is 16.2. The topological polar surface area (TPSA) is 307 Å². The van der Waals surface area contributed by atoms with Crippen molar-refractivity contribution in [3.63, 3.8) is 0 Å². The highest BCUT2D eigenvalue weighted by atomic mass is 32.2. The number of fused-ring (bicyclic) bond motifs is 3. The minimum atomic E-state index is -0.836. The lowest BCUT2D eigenvalue weighted by atomic mass is 9.89. The van der Waals surface area contributed by atoms with E-state index in [-0.39, 0.29) is 51.4 Å². The summed E-state index contributed by atoms with van der Waals surface area (Å²) in [5, 5.41) is 17.2. The van der Waals surface area contributed by atoms with Gasteiger partial charge in [0.05, 0.1) is 65.1 Å². The van der Waals surface area contributed by atoms with E-state index in [0.717, 1.165) is 53.4 Å². The van der Waals surface area contributed by atoms with Gasteiger partial charge in [0.15, 0.2) is 6.29 Å². The minimum Gasteiger partial charge on any atom is -0.449 e. The van der Waals surface area contributed by atoms with Crippen molar-refractivity contribution in [1.82, 2.24) is 5.32 Å². The minimum absolute atomic E-state index is 0.0202. The maximum absolute atomic E-state index is 12.6. The first-order valence-corrected chi connectivity index (χ1v) is 29.5. The van der Waals surface area contributed by atoms with Crippen molar-refractivity contribution < 1.29 is 47.4 Å². The summed E-state index contributed by atoms with van der Waals surface area (Å²) in [5.41, 5.74) is 39.2. The Hall–Kier alpha value is -3.97. The summed E-state index contributed by atoms with van der Waals surface area (Å²) in [7, 11) is 0. The number of hydrogen-bond acceptors (Lipinski definition) is 18. The Labute approximate surface area is 450 Å². The predicted molar refractivity (Wildman–Crippen MR) is 293 cm³/mol. The number of carbonyl (C=O) groups excluding carboxylic acids is 1. The third kappa shape index (κ3) is 25.7. The lowest BCUT2D eigenvalue weighted by molar-refractivity contribution is -0.313. The summed E-state index contributed by atoms with van der Waals surface area (Å²) in [6.45, 7) is 5.84. The number of amides is 1. The fourth-order valence-electron chi connectivity index (χ4n) is 7.84. The number of nitrogens with zero attached hydrogens (tertiary/aromatic N) is 12. The molecule has 23 nitrogen and oxygen atoms in total. The van der Waals surface area contributed by atoms with Gasteiger partial charge in [0.25, 0.3) is 0 Å². The molecule has 1 amide bonds. The largest absolute Gasteiger partial charge is 0.449 e. The summed E-state index contributed by atoms with van der Waals surface area (Å²) < 4.78 is 56.4. The van der Waals surface area contributed by atoms with Crippen molar-refractivity contribution >= 4 is 53.1 Å². The van der Waals surface area contributed by atoms with E-state index < -0.39 is 30.7 Å². The Morgan fingerprint density at radius 3 is 1.61 bits per heavy atom. The molecule has 27 heteroatoms. The van der Waals surface area contributed by atoms with E-state index in [0.29, 0.717) is 95.4 Å². The Morgan fingerprint density at radius 1 is 0.527 bits per heavy atom. The van der Waals surface area contributed by atoms with Crippen LogP contribution in [-0.4, -0.2) is 189 Å². The molecule has 0 aromatic heterocycles. The van der Waals surface area contributed by atoms with Gasteiger partial charge in [-0.05, 0) is 104 Å². The Bertz CT molecular complexity index is 2010. The number of alkyl carbamates (subject to hydrolysis) is 1. The summed E-state index contributed by atoms with van der Waals surface area (Å²) in [6.07, 6.45) is -0.690. The zero-order valence-corrected chi connectivity index (χ0v) is 45.2. The molecule has 1 N–H and O–H groups in total. The van der Waals surface area contributed by atoms with Crippen LogP contribution < -0.4 is 5.32 Å². The molecule has 4 rings (SSSR count). The smallest absolute Gasteiger partial charge is 0.407 e. The van der Waals surface area contributed by atoms with Crippen LogP contribution in [0, 0.1) is 5.92 Å². The molecular weight excluding hydrogens is 1030 g/mol. The summed E-state index contributed by atoms with van der Waals surface area (Å²) >= 11 is 6.71. The van der Waals surface area contributed by atoms with Crippen LogP contribution in [0.1, 0.15) is 36.3 Å². The lowest BCUT2D eigenvalue weighted by Crippen LogP contribution is -2.59. The van der Waals surface area contributed by atoms with E-state index in [1.807, 2.05) is 24.3 Å². The molecule has 1 heterocycles. The molecule has 0 saturated carbocycles. The van der Waals surface area contributed by atoms with Crippen LogP contribution in [0.3, 0.4) is 0 Å². The molecule has 1 aliphatic carbocycles. The second-order valence-corrected chi connectivity index (χ2v) is 21.1. The summed E-state index contributed by atoms with van der Waals surface area (Å²) in [4.78, 5) is 23.9. The van der Waals surface area contributed by atoms with Crippen molar-refractivity contribution in [1.29, 1.82) is 0 Å². The number of rotatable bonds is 45. The van der Waals surface area contributed by atoms with Gasteiger partial charge < -0.3 is 47.9 Å². The van der Waals surface area contributed by atoms with E-state index in [1.165, 1.54) is 11.1 Å². The van der Waals surface area contributed by atoms with Crippen LogP contribution in [0.2, 0.25) is 0 Å². The van der Waals surface area contributed by atoms with Crippen LogP contribution in [0.4, 0.5) is 4.79 Å². The molecule has 5 atom stereocenters. The van der Waals surface area contributed by atoms with E-state index in [9.17, 15) is 4.79 Å². The van der Waals surface area contributed by atoms with Crippen molar-refractivity contribution in [2.45, 2.75) is 49.8 Å². The summed E-state index contributed by atoms with van der Waals surface area (Å²) in [6, 6.07) is 16.4. The SMILES string of the molecule is [N-]=[N+]=NCCSCCCOC[C@H]1O[C@@H](OCCOCCOCCNC(=O)OCC2c3ccccc3-c3ccccc32)[C@H](OCCCSCCN=[N+]=[N-])[C@@H](OCCCSCCN=[N+]=[N-])[C@@H]1COCCSCCN=[N+]=[N-]. The molecule has 2 aromatic rings. The maximum Gasteiger partial charge on any atom is 0.407 e. The standard InChI is InChI=1S/C47H71N13O10S4/c48-57-53-13-29-71-26-5-17-64-36-43-42(34-65-25-33-74-32-16-56-60-51)44(66-18-6-27-72-30-14-54-58-49)45(67-19-7-28-73-31-15-55-59-50)46(70-43)68-24-23-63-22-21-62-20-12-52-47(61)69-35-41-39-10-3-1-8-37(39)38-9-2-4-11-40(38)41/h1-4,8-11,41-46H,5-7,12-36H2,(H,52,61)/t42-,43-,44+,45-,46-/m1/s1.